The van der Waals surface area contributed by atoms with Gasteiger partial charge in [-0.15, -0.1) is 0 Å². The molecule has 2 aliphatic heterocycles. The molecule has 1 N–H and O–H groups in total. The van der Waals surface area contributed by atoms with Crippen LogP contribution in [0.3, 0.4) is 0 Å². The van der Waals surface area contributed by atoms with Gasteiger partial charge in [0.15, 0.2) is 0 Å². The first-order valence-corrected chi connectivity index (χ1v) is 9.70. The van der Waals surface area contributed by atoms with E-state index in [1.54, 1.807) is 18.1 Å². The number of aliphatic hydroxyl groups excluding tert-OH is 1. The fourth-order valence-corrected chi connectivity index (χ4v) is 4.06. The van der Waals surface area contributed by atoms with E-state index < -0.39 is 0 Å². The van der Waals surface area contributed by atoms with Gasteiger partial charge >= 0.3 is 0 Å². The summed E-state index contributed by atoms with van der Waals surface area (Å²) in [6, 6.07) is 3.55. The summed E-state index contributed by atoms with van der Waals surface area (Å²) in [6.45, 7) is 5.55. The first-order valence-electron chi connectivity index (χ1n) is 9.70. The maximum atomic E-state index is 12.4. The highest BCUT2D eigenvalue weighted by Gasteiger charge is 2.36. The van der Waals surface area contributed by atoms with Crippen LogP contribution in [0.15, 0.2) is 24.5 Å². The average Bonchev–Trinajstić information content (AvgIpc) is 2.91. The number of amides is 1. The van der Waals surface area contributed by atoms with Crippen molar-refractivity contribution < 1.29 is 14.6 Å². The summed E-state index contributed by atoms with van der Waals surface area (Å²) in [7, 11) is 1.71. The summed E-state index contributed by atoms with van der Waals surface area (Å²) in [5.74, 6) is 1.64. The molecule has 4 rings (SSSR count). The molecule has 148 valence electrons. The lowest BCUT2D eigenvalue weighted by molar-refractivity contribution is 0.0715. The topological polar surface area (TPSA) is 78.8 Å². The largest absolute Gasteiger partial charge is 0.489 e. The first-order chi connectivity index (χ1) is 13.5. The third-order valence-corrected chi connectivity index (χ3v) is 5.62. The Balaban J connectivity index is 1.48. The Kier molecular flexibility index (Phi) is 4.93. The molecule has 0 saturated carbocycles. The average molecular weight is 382 g/mol. The molecule has 7 nitrogen and oxygen atoms in total. The van der Waals surface area contributed by atoms with Gasteiger partial charge in [0.1, 0.15) is 17.7 Å². The van der Waals surface area contributed by atoms with E-state index in [4.69, 9.17) is 9.72 Å². The molecule has 0 aliphatic carbocycles. The summed E-state index contributed by atoms with van der Waals surface area (Å²) < 4.78 is 6.09. The second-order valence-electron chi connectivity index (χ2n) is 7.68. The van der Waals surface area contributed by atoms with Gasteiger partial charge in [-0.3, -0.25) is 9.78 Å². The second kappa shape index (κ2) is 7.39. The molecule has 28 heavy (non-hydrogen) atoms. The predicted molar refractivity (Wildman–Crippen MR) is 106 cm³/mol. The third-order valence-electron chi connectivity index (χ3n) is 5.62. The van der Waals surface area contributed by atoms with E-state index in [0.29, 0.717) is 11.3 Å². The lowest BCUT2D eigenvalue weighted by Gasteiger charge is -2.34. The molecule has 7 heteroatoms. The smallest absolute Gasteiger partial charge is 0.256 e. The summed E-state index contributed by atoms with van der Waals surface area (Å²) >= 11 is 0. The minimum absolute atomic E-state index is 0.0740. The van der Waals surface area contributed by atoms with E-state index in [9.17, 15) is 9.90 Å². The monoisotopic (exact) mass is 382 g/mol. The predicted octanol–water partition coefficient (Wildman–Crippen LogP) is 2.26. The number of ether oxygens (including phenoxy) is 1. The number of aromatic nitrogens is 2. The first kappa shape index (κ1) is 18.7. The molecule has 0 unspecified atom stereocenters. The van der Waals surface area contributed by atoms with Crippen molar-refractivity contribution in [1.82, 2.24) is 14.9 Å². The van der Waals surface area contributed by atoms with Crippen molar-refractivity contribution in [2.45, 2.75) is 38.8 Å². The van der Waals surface area contributed by atoms with Gasteiger partial charge < -0.3 is 19.6 Å². The highest BCUT2D eigenvalue weighted by Crippen LogP contribution is 2.34. The Bertz CT molecular complexity index is 893. The van der Waals surface area contributed by atoms with Crippen LogP contribution in [0.1, 0.15) is 46.1 Å². The summed E-state index contributed by atoms with van der Waals surface area (Å²) in [4.78, 5) is 25.2. The van der Waals surface area contributed by atoms with Crippen LogP contribution >= 0.6 is 0 Å². The number of carbonyl (C=O) groups is 1. The Hall–Kier alpha value is -2.67. The molecule has 0 aromatic carbocycles. The standard InChI is InChI=1S/C21H26N4O3/c1-13-8-16(11-22-10-13)28-15-4-6-25(7-5-15)20-14(2)9-17-19(23-20)18(12-26)24(3)21(17)27/h8-11,15,18,26H,4-7,12H2,1-3H3/t18-/m0/s1. The van der Waals surface area contributed by atoms with Gasteiger partial charge in [0.2, 0.25) is 0 Å². The van der Waals surface area contributed by atoms with Crippen molar-refractivity contribution in [2.24, 2.45) is 0 Å². The highest BCUT2D eigenvalue weighted by atomic mass is 16.5. The lowest BCUT2D eigenvalue weighted by atomic mass is 10.1. The van der Waals surface area contributed by atoms with Crippen molar-refractivity contribution in [3.05, 3.63) is 46.9 Å². The molecule has 1 amide bonds. The van der Waals surface area contributed by atoms with Crippen molar-refractivity contribution in [3.63, 3.8) is 0 Å². The van der Waals surface area contributed by atoms with Gasteiger partial charge in [-0.05, 0) is 37.1 Å². The highest BCUT2D eigenvalue weighted by molar-refractivity contribution is 5.99. The Morgan fingerprint density at radius 1 is 1.21 bits per heavy atom. The molecular formula is C21H26N4O3. The maximum Gasteiger partial charge on any atom is 0.256 e. The van der Waals surface area contributed by atoms with Crippen LogP contribution < -0.4 is 9.64 Å². The van der Waals surface area contributed by atoms with Crippen LogP contribution in [-0.2, 0) is 0 Å². The van der Waals surface area contributed by atoms with Crippen LogP contribution in [-0.4, -0.2) is 58.7 Å². The number of aryl methyl sites for hydroxylation is 2. The molecule has 1 atom stereocenters. The van der Waals surface area contributed by atoms with Gasteiger partial charge in [0, 0.05) is 39.2 Å². The molecule has 2 aromatic rings. The molecule has 2 aliphatic rings. The van der Waals surface area contributed by atoms with Gasteiger partial charge in [-0.2, -0.15) is 0 Å². The third kappa shape index (κ3) is 3.30. The number of pyridine rings is 2. The number of likely N-dealkylation sites (N-methyl/N-ethyl adjacent to an activating group) is 1. The quantitative estimate of drug-likeness (QED) is 0.874. The van der Waals surface area contributed by atoms with Gasteiger partial charge in [0.05, 0.1) is 30.1 Å². The molecule has 0 bridgehead atoms. The Morgan fingerprint density at radius 3 is 2.64 bits per heavy atom. The molecule has 4 heterocycles. The van der Waals surface area contributed by atoms with Crippen molar-refractivity contribution in [1.29, 1.82) is 0 Å². The fraction of sp³-hybridized carbons (Fsp3) is 0.476. The van der Waals surface area contributed by atoms with Crippen molar-refractivity contribution >= 4 is 11.7 Å². The van der Waals surface area contributed by atoms with Crippen LogP contribution in [0.4, 0.5) is 5.82 Å². The van der Waals surface area contributed by atoms with Gasteiger partial charge in [-0.25, -0.2) is 4.98 Å². The van der Waals surface area contributed by atoms with E-state index >= 15 is 0 Å². The summed E-state index contributed by atoms with van der Waals surface area (Å²) in [6.07, 6.45) is 5.53. The van der Waals surface area contributed by atoms with E-state index in [1.807, 2.05) is 32.2 Å². The molecule has 0 radical (unpaired) electrons. The minimum Gasteiger partial charge on any atom is -0.489 e. The number of hydrogen-bond acceptors (Lipinski definition) is 6. The zero-order chi connectivity index (χ0) is 19.8. The van der Waals surface area contributed by atoms with Crippen LogP contribution in [0, 0.1) is 13.8 Å². The van der Waals surface area contributed by atoms with E-state index in [0.717, 1.165) is 48.6 Å². The zero-order valence-corrected chi connectivity index (χ0v) is 16.6. The number of hydrogen-bond donors (Lipinski definition) is 1. The number of fused-ring (bicyclic) bond motifs is 1. The van der Waals surface area contributed by atoms with Crippen LogP contribution in [0.25, 0.3) is 0 Å². The van der Waals surface area contributed by atoms with E-state index in [2.05, 4.69) is 9.88 Å². The molecule has 2 aromatic heterocycles. The normalized spacial score (nSPS) is 19.9. The Morgan fingerprint density at radius 2 is 1.96 bits per heavy atom. The van der Waals surface area contributed by atoms with Gasteiger partial charge in [0.25, 0.3) is 5.91 Å². The minimum atomic E-state index is -0.364. The van der Waals surface area contributed by atoms with Crippen molar-refractivity contribution in [3.8, 4) is 5.75 Å². The number of anilines is 1. The van der Waals surface area contributed by atoms with Crippen LogP contribution in [0.5, 0.6) is 5.75 Å². The van der Waals surface area contributed by atoms with Gasteiger partial charge in [-0.1, -0.05) is 0 Å². The number of nitrogens with zero attached hydrogens (tertiary/aromatic N) is 4. The van der Waals surface area contributed by atoms with E-state index in [-0.39, 0.29) is 24.7 Å². The Labute approximate surface area is 165 Å². The molecule has 1 fully saturated rings. The molecule has 0 spiro atoms. The van der Waals surface area contributed by atoms with Crippen LogP contribution in [0.2, 0.25) is 0 Å². The lowest BCUT2D eigenvalue weighted by Crippen LogP contribution is -2.39. The summed E-state index contributed by atoms with van der Waals surface area (Å²) in [5, 5.41) is 9.70. The number of piperidine rings is 1. The fourth-order valence-electron chi connectivity index (χ4n) is 4.06. The number of rotatable bonds is 4. The molecule has 1 saturated heterocycles. The second-order valence-corrected chi connectivity index (χ2v) is 7.68. The number of aliphatic hydroxyl groups is 1. The number of carbonyl (C=O) groups excluding carboxylic acids is 1. The zero-order valence-electron chi connectivity index (χ0n) is 16.6. The molecular weight excluding hydrogens is 356 g/mol. The summed E-state index contributed by atoms with van der Waals surface area (Å²) in [5.41, 5.74) is 3.36. The SMILES string of the molecule is Cc1cncc(OC2CCN(c3nc4c(cc3C)C(=O)N(C)[C@H]4CO)CC2)c1. The van der Waals surface area contributed by atoms with Crippen molar-refractivity contribution in [2.75, 3.05) is 31.6 Å². The maximum absolute atomic E-state index is 12.4. The van der Waals surface area contributed by atoms with E-state index in [1.165, 1.54) is 0 Å².